The second-order valence-corrected chi connectivity index (χ2v) is 5.35. The molecule has 1 aliphatic carbocycles. The van der Waals surface area contributed by atoms with Gasteiger partial charge in [-0.3, -0.25) is 0 Å². The van der Waals surface area contributed by atoms with Crippen molar-refractivity contribution in [1.29, 1.82) is 0 Å². The average molecular weight is 287 g/mol. The van der Waals surface area contributed by atoms with Gasteiger partial charge in [0, 0.05) is 11.7 Å². The summed E-state index contributed by atoms with van der Waals surface area (Å²) in [5.74, 6) is 0.576. The standard InChI is InChI=1S/C15H20F3NO/c1-2-11-4-3-5-13(10-11)19-12-6-8-14(9-7-12)20-15(16,17)18/h6-9,11,13,19H,2-5,10H2,1H3. The SMILES string of the molecule is CCC1CCCC(Nc2ccc(OC(F)(F)F)cc2)C1. The van der Waals surface area contributed by atoms with Crippen molar-refractivity contribution in [2.45, 2.75) is 51.4 Å². The molecule has 0 bridgehead atoms. The summed E-state index contributed by atoms with van der Waals surface area (Å²) in [4.78, 5) is 0. The van der Waals surface area contributed by atoms with Crippen LogP contribution in [0.25, 0.3) is 0 Å². The minimum absolute atomic E-state index is 0.182. The van der Waals surface area contributed by atoms with Crippen molar-refractivity contribution >= 4 is 5.69 Å². The highest BCUT2D eigenvalue weighted by Gasteiger charge is 2.31. The summed E-state index contributed by atoms with van der Waals surface area (Å²) < 4.78 is 40.0. The normalized spacial score (nSPS) is 23.4. The van der Waals surface area contributed by atoms with E-state index in [0.717, 1.165) is 24.4 Å². The molecule has 2 rings (SSSR count). The molecule has 0 aliphatic heterocycles. The Labute approximate surface area is 117 Å². The first-order valence-corrected chi connectivity index (χ1v) is 7.08. The van der Waals surface area contributed by atoms with Gasteiger partial charge in [0.15, 0.2) is 0 Å². The number of nitrogens with one attached hydrogen (secondary N) is 1. The number of benzene rings is 1. The van der Waals surface area contributed by atoms with Gasteiger partial charge in [-0.05, 0) is 43.0 Å². The van der Waals surface area contributed by atoms with Crippen molar-refractivity contribution in [2.24, 2.45) is 5.92 Å². The molecule has 1 aromatic rings. The largest absolute Gasteiger partial charge is 0.573 e. The molecule has 2 unspecified atom stereocenters. The fourth-order valence-electron chi connectivity index (χ4n) is 2.78. The second kappa shape index (κ2) is 6.37. The van der Waals surface area contributed by atoms with E-state index in [1.54, 1.807) is 12.1 Å². The lowest BCUT2D eigenvalue weighted by Gasteiger charge is -2.29. The lowest BCUT2D eigenvalue weighted by molar-refractivity contribution is -0.274. The Morgan fingerprint density at radius 1 is 1.20 bits per heavy atom. The topological polar surface area (TPSA) is 21.3 Å². The number of ether oxygens (including phenoxy) is 1. The van der Waals surface area contributed by atoms with Gasteiger partial charge in [-0.15, -0.1) is 13.2 Å². The smallest absolute Gasteiger partial charge is 0.406 e. The third kappa shape index (κ3) is 4.62. The van der Waals surface area contributed by atoms with Gasteiger partial charge in [0.1, 0.15) is 5.75 Å². The molecule has 1 N–H and O–H groups in total. The molecule has 0 saturated heterocycles. The first-order valence-electron chi connectivity index (χ1n) is 7.08. The zero-order valence-corrected chi connectivity index (χ0v) is 11.5. The molecule has 0 heterocycles. The van der Waals surface area contributed by atoms with E-state index in [1.807, 2.05) is 0 Å². The molecule has 0 amide bonds. The maximum absolute atomic E-state index is 12.1. The van der Waals surface area contributed by atoms with Crippen molar-refractivity contribution < 1.29 is 17.9 Å². The second-order valence-electron chi connectivity index (χ2n) is 5.35. The average Bonchev–Trinajstić information content (AvgIpc) is 2.40. The van der Waals surface area contributed by atoms with Crippen LogP contribution in [0, 0.1) is 5.92 Å². The van der Waals surface area contributed by atoms with Gasteiger partial charge in [-0.25, -0.2) is 0 Å². The fraction of sp³-hybridized carbons (Fsp3) is 0.600. The first-order chi connectivity index (χ1) is 9.46. The molecular formula is C15H20F3NO. The van der Waals surface area contributed by atoms with Crippen LogP contribution in [0.1, 0.15) is 39.0 Å². The highest BCUT2D eigenvalue weighted by Crippen LogP contribution is 2.29. The molecule has 112 valence electrons. The zero-order chi connectivity index (χ0) is 14.6. The van der Waals surface area contributed by atoms with Crippen LogP contribution in [0.4, 0.5) is 18.9 Å². The number of hydrogen-bond donors (Lipinski definition) is 1. The molecule has 1 fully saturated rings. The Morgan fingerprint density at radius 2 is 1.90 bits per heavy atom. The molecule has 0 spiro atoms. The van der Waals surface area contributed by atoms with Gasteiger partial charge in [0.2, 0.25) is 0 Å². The molecule has 0 aromatic heterocycles. The summed E-state index contributed by atoms with van der Waals surface area (Å²) in [6.45, 7) is 2.20. The Morgan fingerprint density at radius 3 is 2.50 bits per heavy atom. The summed E-state index contributed by atoms with van der Waals surface area (Å²) in [5.41, 5.74) is 0.848. The van der Waals surface area contributed by atoms with Gasteiger partial charge < -0.3 is 10.1 Å². The summed E-state index contributed by atoms with van der Waals surface area (Å²) in [5, 5.41) is 3.40. The highest BCUT2D eigenvalue weighted by molar-refractivity contribution is 5.47. The van der Waals surface area contributed by atoms with Crippen LogP contribution in [0.15, 0.2) is 24.3 Å². The van der Waals surface area contributed by atoms with E-state index in [-0.39, 0.29) is 5.75 Å². The Hall–Kier alpha value is -1.39. The number of anilines is 1. The van der Waals surface area contributed by atoms with Gasteiger partial charge in [-0.2, -0.15) is 0 Å². The van der Waals surface area contributed by atoms with Crippen molar-refractivity contribution in [1.82, 2.24) is 0 Å². The third-order valence-corrected chi connectivity index (χ3v) is 3.82. The van der Waals surface area contributed by atoms with Crippen LogP contribution >= 0.6 is 0 Å². The fourth-order valence-corrected chi connectivity index (χ4v) is 2.78. The van der Waals surface area contributed by atoms with Gasteiger partial charge in [-0.1, -0.05) is 26.2 Å². The van der Waals surface area contributed by atoms with E-state index >= 15 is 0 Å². The number of hydrogen-bond acceptors (Lipinski definition) is 2. The van der Waals surface area contributed by atoms with E-state index in [0.29, 0.717) is 6.04 Å². The van der Waals surface area contributed by atoms with Crippen LogP contribution in [0.3, 0.4) is 0 Å². The van der Waals surface area contributed by atoms with Crippen LogP contribution < -0.4 is 10.1 Å². The predicted molar refractivity (Wildman–Crippen MR) is 72.8 cm³/mol. The van der Waals surface area contributed by atoms with E-state index in [1.165, 1.54) is 31.4 Å². The first kappa shape index (κ1) is 15.0. The lowest BCUT2D eigenvalue weighted by atomic mass is 9.84. The Kier molecular flexibility index (Phi) is 4.78. The monoisotopic (exact) mass is 287 g/mol. The summed E-state index contributed by atoms with van der Waals surface area (Å²) in [6, 6.07) is 6.38. The van der Waals surface area contributed by atoms with Gasteiger partial charge in [0.05, 0.1) is 0 Å². The van der Waals surface area contributed by atoms with Crippen molar-refractivity contribution in [2.75, 3.05) is 5.32 Å². The summed E-state index contributed by atoms with van der Waals surface area (Å²) in [7, 11) is 0. The molecular weight excluding hydrogens is 267 g/mol. The molecule has 0 radical (unpaired) electrons. The lowest BCUT2D eigenvalue weighted by Crippen LogP contribution is -2.27. The molecule has 1 saturated carbocycles. The molecule has 20 heavy (non-hydrogen) atoms. The molecule has 1 aromatic carbocycles. The van der Waals surface area contributed by atoms with Crippen LogP contribution in [-0.2, 0) is 0 Å². The quantitative estimate of drug-likeness (QED) is 0.844. The maximum Gasteiger partial charge on any atom is 0.573 e. The maximum atomic E-state index is 12.1. The summed E-state index contributed by atoms with van der Waals surface area (Å²) in [6.07, 6.45) is 1.32. The minimum atomic E-state index is -4.63. The van der Waals surface area contributed by atoms with E-state index in [9.17, 15) is 13.2 Å². The van der Waals surface area contributed by atoms with E-state index in [4.69, 9.17) is 0 Å². The van der Waals surface area contributed by atoms with E-state index in [2.05, 4.69) is 17.0 Å². The van der Waals surface area contributed by atoms with Crippen LogP contribution in [-0.4, -0.2) is 12.4 Å². The van der Waals surface area contributed by atoms with E-state index < -0.39 is 6.36 Å². The molecule has 1 aliphatic rings. The van der Waals surface area contributed by atoms with Gasteiger partial charge >= 0.3 is 6.36 Å². The van der Waals surface area contributed by atoms with Crippen molar-refractivity contribution in [3.63, 3.8) is 0 Å². The number of alkyl halides is 3. The van der Waals surface area contributed by atoms with Crippen LogP contribution in [0.5, 0.6) is 5.75 Å². The number of halogens is 3. The Bertz CT molecular complexity index is 416. The zero-order valence-electron chi connectivity index (χ0n) is 11.5. The Balaban J connectivity index is 1.90. The predicted octanol–water partition coefficient (Wildman–Crippen LogP) is 4.97. The minimum Gasteiger partial charge on any atom is -0.406 e. The molecule has 2 atom stereocenters. The van der Waals surface area contributed by atoms with Crippen molar-refractivity contribution in [3.8, 4) is 5.75 Å². The van der Waals surface area contributed by atoms with Crippen molar-refractivity contribution in [3.05, 3.63) is 24.3 Å². The summed E-state index contributed by atoms with van der Waals surface area (Å²) >= 11 is 0. The highest BCUT2D eigenvalue weighted by atomic mass is 19.4. The third-order valence-electron chi connectivity index (χ3n) is 3.82. The van der Waals surface area contributed by atoms with Gasteiger partial charge in [0.25, 0.3) is 0 Å². The molecule has 2 nitrogen and oxygen atoms in total. The molecule has 5 heteroatoms. The number of rotatable bonds is 4. The van der Waals surface area contributed by atoms with Crippen LogP contribution in [0.2, 0.25) is 0 Å².